The molecule has 0 saturated carbocycles. The highest BCUT2D eigenvalue weighted by Crippen LogP contribution is 2.31. The molecule has 2 rings (SSSR count). The van der Waals surface area contributed by atoms with E-state index in [0.717, 1.165) is 21.3 Å². The van der Waals surface area contributed by atoms with Gasteiger partial charge in [0.2, 0.25) is 0 Å². The van der Waals surface area contributed by atoms with Gasteiger partial charge >= 0.3 is 0 Å². The summed E-state index contributed by atoms with van der Waals surface area (Å²) in [5.74, 6) is 1.35. The molecule has 0 N–H and O–H groups in total. The number of para-hydroxylation sites is 1. The number of hydrogen-bond acceptors (Lipinski definition) is 4. The Balaban J connectivity index is 2.13. The van der Waals surface area contributed by atoms with Crippen LogP contribution in [-0.4, -0.2) is 11.2 Å². The molecule has 0 fully saturated rings. The summed E-state index contributed by atoms with van der Waals surface area (Å²) in [4.78, 5) is 5.57. The molecule has 0 amide bonds. The number of nitrogens with zero attached hydrogens (tertiary/aromatic N) is 1. The molecule has 0 spiro atoms. The third-order valence-corrected chi connectivity index (χ3v) is 4.53. The smallest absolute Gasteiger partial charge is 0.147 e. The van der Waals surface area contributed by atoms with Crippen molar-refractivity contribution in [3.63, 3.8) is 0 Å². The lowest BCUT2D eigenvalue weighted by molar-refractivity contribution is 0.220. The van der Waals surface area contributed by atoms with E-state index in [2.05, 4.69) is 11.1 Å². The topological polar surface area (TPSA) is 22.1 Å². The Morgan fingerprint density at radius 1 is 1.44 bits per heavy atom. The van der Waals surface area contributed by atoms with Crippen LogP contribution in [0.1, 0.15) is 23.7 Å². The third-order valence-electron chi connectivity index (χ3n) is 2.43. The summed E-state index contributed by atoms with van der Waals surface area (Å²) in [5.41, 5.74) is 0.908. The van der Waals surface area contributed by atoms with Gasteiger partial charge in [-0.3, -0.25) is 0 Å². The molecule has 0 bridgehead atoms. The van der Waals surface area contributed by atoms with Crippen LogP contribution in [0, 0.1) is 0 Å². The van der Waals surface area contributed by atoms with Gasteiger partial charge in [-0.2, -0.15) is 0 Å². The lowest BCUT2D eigenvalue weighted by Gasteiger charge is -2.14. The molecule has 1 aromatic heterocycles. The second kappa shape index (κ2) is 6.45. The highest BCUT2D eigenvalue weighted by atomic mass is 35.5. The standard InChI is InChI=1S/C13H14ClNOS2/c1-9(13-15-10(7-14)8-18-13)16-11-5-3-4-6-12(11)17-2/h3-6,8-9H,7H2,1-2H3. The maximum Gasteiger partial charge on any atom is 0.147 e. The minimum absolute atomic E-state index is 0.0553. The van der Waals surface area contributed by atoms with Gasteiger partial charge in [0, 0.05) is 10.3 Å². The van der Waals surface area contributed by atoms with Crippen molar-refractivity contribution in [1.82, 2.24) is 4.98 Å². The first-order valence-electron chi connectivity index (χ1n) is 5.54. The van der Waals surface area contributed by atoms with E-state index in [1.807, 2.05) is 36.8 Å². The van der Waals surface area contributed by atoms with Crippen molar-refractivity contribution in [3.8, 4) is 5.75 Å². The Labute approximate surface area is 120 Å². The Hall–Kier alpha value is -0.710. The molecular weight excluding hydrogens is 286 g/mol. The van der Waals surface area contributed by atoms with Crippen molar-refractivity contribution >= 4 is 34.7 Å². The lowest BCUT2D eigenvalue weighted by atomic mass is 10.3. The first kappa shape index (κ1) is 13.7. The molecule has 96 valence electrons. The van der Waals surface area contributed by atoms with Crippen LogP contribution < -0.4 is 4.74 Å². The lowest BCUT2D eigenvalue weighted by Crippen LogP contribution is -2.03. The normalized spacial score (nSPS) is 12.4. The van der Waals surface area contributed by atoms with Crippen LogP contribution in [-0.2, 0) is 5.88 Å². The largest absolute Gasteiger partial charge is 0.482 e. The molecule has 0 saturated heterocycles. The molecule has 1 atom stereocenters. The summed E-state index contributed by atoms with van der Waals surface area (Å²) < 4.78 is 5.96. The van der Waals surface area contributed by atoms with Gasteiger partial charge in [-0.15, -0.1) is 34.7 Å². The zero-order chi connectivity index (χ0) is 13.0. The Kier molecular flexibility index (Phi) is 4.92. The van der Waals surface area contributed by atoms with Gasteiger partial charge in [-0.25, -0.2) is 4.98 Å². The Morgan fingerprint density at radius 3 is 2.89 bits per heavy atom. The van der Waals surface area contributed by atoms with Crippen LogP contribution >= 0.6 is 34.7 Å². The van der Waals surface area contributed by atoms with Gasteiger partial charge in [-0.1, -0.05) is 12.1 Å². The van der Waals surface area contributed by atoms with E-state index < -0.39 is 0 Å². The van der Waals surface area contributed by atoms with Crippen molar-refractivity contribution in [2.24, 2.45) is 0 Å². The molecule has 5 heteroatoms. The van der Waals surface area contributed by atoms with Gasteiger partial charge < -0.3 is 4.74 Å². The van der Waals surface area contributed by atoms with Crippen LogP contribution in [0.2, 0.25) is 0 Å². The first-order chi connectivity index (χ1) is 8.74. The fourth-order valence-electron chi connectivity index (χ4n) is 1.53. The predicted octanol–water partition coefficient (Wildman–Crippen LogP) is 4.74. The molecule has 2 aromatic rings. The van der Waals surface area contributed by atoms with E-state index in [0.29, 0.717) is 5.88 Å². The highest BCUT2D eigenvalue weighted by Gasteiger charge is 2.13. The quantitative estimate of drug-likeness (QED) is 0.588. The predicted molar refractivity (Wildman–Crippen MR) is 78.9 cm³/mol. The van der Waals surface area contributed by atoms with Crippen LogP contribution in [0.15, 0.2) is 34.5 Å². The number of benzene rings is 1. The summed E-state index contributed by atoms with van der Waals surface area (Å²) in [5, 5.41) is 2.93. The second-order valence-corrected chi connectivity index (χ2v) is 5.73. The van der Waals surface area contributed by atoms with Crippen molar-refractivity contribution in [3.05, 3.63) is 40.3 Å². The summed E-state index contributed by atoms with van der Waals surface area (Å²) in [7, 11) is 0. The summed E-state index contributed by atoms with van der Waals surface area (Å²) >= 11 is 9.02. The van der Waals surface area contributed by atoms with Gasteiger partial charge in [0.1, 0.15) is 16.9 Å². The fourth-order valence-corrected chi connectivity index (χ4v) is 3.09. The minimum Gasteiger partial charge on any atom is -0.482 e. The van der Waals surface area contributed by atoms with Crippen molar-refractivity contribution in [2.45, 2.75) is 23.8 Å². The van der Waals surface area contributed by atoms with Crippen molar-refractivity contribution < 1.29 is 4.74 Å². The Morgan fingerprint density at radius 2 is 2.22 bits per heavy atom. The molecule has 0 radical (unpaired) electrons. The van der Waals surface area contributed by atoms with E-state index in [-0.39, 0.29) is 6.10 Å². The fraction of sp³-hybridized carbons (Fsp3) is 0.308. The minimum atomic E-state index is -0.0553. The van der Waals surface area contributed by atoms with E-state index >= 15 is 0 Å². The first-order valence-corrected chi connectivity index (χ1v) is 8.18. The number of thiazole rings is 1. The van der Waals surface area contributed by atoms with E-state index in [1.165, 1.54) is 0 Å². The number of halogens is 1. The maximum atomic E-state index is 5.96. The van der Waals surface area contributed by atoms with Crippen LogP contribution in [0.4, 0.5) is 0 Å². The Bertz CT molecular complexity index is 515. The maximum absolute atomic E-state index is 5.96. The molecular formula is C13H14ClNOS2. The van der Waals surface area contributed by atoms with Gasteiger partial charge in [0.15, 0.2) is 0 Å². The monoisotopic (exact) mass is 299 g/mol. The van der Waals surface area contributed by atoms with Gasteiger partial charge in [-0.05, 0) is 25.3 Å². The zero-order valence-corrected chi connectivity index (χ0v) is 12.6. The van der Waals surface area contributed by atoms with Crippen molar-refractivity contribution in [2.75, 3.05) is 6.26 Å². The number of thioether (sulfide) groups is 1. The molecule has 18 heavy (non-hydrogen) atoms. The molecule has 1 aromatic carbocycles. The van der Waals surface area contributed by atoms with Gasteiger partial charge in [0.25, 0.3) is 0 Å². The SMILES string of the molecule is CSc1ccccc1OC(C)c1nc(CCl)cs1. The molecule has 2 nitrogen and oxygen atoms in total. The molecule has 0 aliphatic rings. The van der Waals surface area contributed by atoms with Crippen LogP contribution in [0.3, 0.4) is 0 Å². The summed E-state index contributed by atoms with van der Waals surface area (Å²) in [6, 6.07) is 8.03. The number of aromatic nitrogens is 1. The molecule has 1 unspecified atom stereocenters. The third kappa shape index (κ3) is 3.19. The van der Waals surface area contributed by atoms with Crippen molar-refractivity contribution in [1.29, 1.82) is 0 Å². The zero-order valence-electron chi connectivity index (χ0n) is 10.2. The van der Waals surface area contributed by atoms with E-state index in [4.69, 9.17) is 16.3 Å². The van der Waals surface area contributed by atoms with E-state index in [1.54, 1.807) is 23.1 Å². The van der Waals surface area contributed by atoms with Gasteiger partial charge in [0.05, 0.1) is 11.6 Å². The number of alkyl halides is 1. The number of rotatable bonds is 5. The molecule has 0 aliphatic heterocycles. The average molecular weight is 300 g/mol. The molecule has 1 heterocycles. The number of hydrogen-bond donors (Lipinski definition) is 0. The van der Waals surface area contributed by atoms with E-state index in [9.17, 15) is 0 Å². The number of ether oxygens (including phenoxy) is 1. The average Bonchev–Trinajstić information content (AvgIpc) is 2.88. The summed E-state index contributed by atoms with van der Waals surface area (Å²) in [6.45, 7) is 2.01. The highest BCUT2D eigenvalue weighted by molar-refractivity contribution is 7.98. The van der Waals surface area contributed by atoms with Crippen LogP contribution in [0.5, 0.6) is 5.75 Å². The molecule has 0 aliphatic carbocycles. The second-order valence-electron chi connectivity index (χ2n) is 3.72. The summed E-state index contributed by atoms with van der Waals surface area (Å²) in [6.07, 6.45) is 1.99. The van der Waals surface area contributed by atoms with Crippen LogP contribution in [0.25, 0.3) is 0 Å².